The van der Waals surface area contributed by atoms with Crippen LogP contribution in [0.1, 0.15) is 13.8 Å². The van der Waals surface area contributed by atoms with Crippen molar-refractivity contribution < 1.29 is 23.1 Å². The summed E-state index contributed by atoms with van der Waals surface area (Å²) in [6.45, 7) is 3.37. The predicted octanol–water partition coefficient (Wildman–Crippen LogP) is 1.42. The van der Waals surface area contributed by atoms with Gasteiger partial charge in [-0.3, -0.25) is 9.36 Å². The Hall–Kier alpha value is -0.380. The Kier molecular flexibility index (Phi) is 5.21. The molecule has 0 saturated carbocycles. The average molecular weight is 210 g/mol. The highest BCUT2D eigenvalue weighted by atomic mass is 31.2. The van der Waals surface area contributed by atoms with E-state index < -0.39 is 19.2 Å². The zero-order valence-corrected chi connectivity index (χ0v) is 9.17. The van der Waals surface area contributed by atoms with E-state index in [4.69, 9.17) is 0 Å². The Bertz CT molecular complexity index is 207. The molecule has 0 aliphatic rings. The molecule has 0 aromatic heterocycles. The van der Waals surface area contributed by atoms with Gasteiger partial charge < -0.3 is 13.8 Å². The van der Waals surface area contributed by atoms with Crippen LogP contribution in [0.25, 0.3) is 0 Å². The van der Waals surface area contributed by atoms with Crippen LogP contribution in [-0.4, -0.2) is 32.5 Å². The summed E-state index contributed by atoms with van der Waals surface area (Å²) in [5.74, 6) is -0.575. The maximum absolute atomic E-state index is 11.6. The third-order valence-corrected chi connectivity index (χ3v) is 3.79. The van der Waals surface area contributed by atoms with Crippen molar-refractivity contribution in [1.82, 2.24) is 0 Å². The van der Waals surface area contributed by atoms with Gasteiger partial charge >= 0.3 is 13.6 Å². The zero-order valence-electron chi connectivity index (χ0n) is 8.27. The van der Waals surface area contributed by atoms with E-state index in [0.717, 1.165) is 0 Å². The lowest BCUT2D eigenvalue weighted by molar-refractivity contribution is -0.142. The van der Waals surface area contributed by atoms with Gasteiger partial charge in [-0.05, 0) is 13.8 Å². The summed E-state index contributed by atoms with van der Waals surface area (Å²) in [6.07, 6.45) is 0. The van der Waals surface area contributed by atoms with Gasteiger partial charge in [-0.25, -0.2) is 0 Å². The Morgan fingerprint density at radius 2 is 1.85 bits per heavy atom. The van der Waals surface area contributed by atoms with Crippen LogP contribution >= 0.6 is 7.60 Å². The Morgan fingerprint density at radius 3 is 2.15 bits per heavy atom. The molecule has 0 aliphatic heterocycles. The van der Waals surface area contributed by atoms with Crippen LogP contribution in [-0.2, 0) is 23.1 Å². The van der Waals surface area contributed by atoms with Gasteiger partial charge in [0.2, 0.25) is 0 Å². The minimum absolute atomic E-state index is 0.247. The lowest BCUT2D eigenvalue weighted by atomic mass is 10.5. The lowest BCUT2D eigenvalue weighted by Crippen LogP contribution is -2.21. The largest absolute Gasteiger partial charge is 0.465 e. The van der Waals surface area contributed by atoms with E-state index >= 15 is 0 Å². The minimum Gasteiger partial charge on any atom is -0.465 e. The number of hydrogen-bond donors (Lipinski definition) is 0. The SMILES string of the molecule is CCOC(=O)[C@H](C)P(=O)(OC)OC. The predicted molar refractivity (Wildman–Crippen MR) is 47.7 cm³/mol. The van der Waals surface area contributed by atoms with Crippen molar-refractivity contribution in [3.63, 3.8) is 0 Å². The van der Waals surface area contributed by atoms with Crippen LogP contribution < -0.4 is 0 Å². The highest BCUT2D eigenvalue weighted by Gasteiger charge is 2.36. The molecule has 0 aromatic carbocycles. The van der Waals surface area contributed by atoms with Gasteiger partial charge in [0.1, 0.15) is 0 Å². The molecule has 1 atom stereocenters. The summed E-state index contributed by atoms with van der Waals surface area (Å²) in [5.41, 5.74) is -0.887. The van der Waals surface area contributed by atoms with Crippen molar-refractivity contribution in [3.8, 4) is 0 Å². The molecule has 0 aromatic rings. The fourth-order valence-corrected chi connectivity index (χ4v) is 1.90. The number of rotatable bonds is 5. The Balaban J connectivity index is 4.46. The van der Waals surface area contributed by atoms with Crippen molar-refractivity contribution in [2.45, 2.75) is 19.5 Å². The van der Waals surface area contributed by atoms with Gasteiger partial charge in [0.15, 0.2) is 5.66 Å². The number of carbonyl (C=O) groups is 1. The molecule has 13 heavy (non-hydrogen) atoms. The van der Waals surface area contributed by atoms with Gasteiger partial charge in [-0.2, -0.15) is 0 Å². The number of carbonyl (C=O) groups excluding carboxylic acids is 1. The van der Waals surface area contributed by atoms with Crippen molar-refractivity contribution in [1.29, 1.82) is 0 Å². The fourth-order valence-electron chi connectivity index (χ4n) is 0.783. The second kappa shape index (κ2) is 5.37. The first-order chi connectivity index (χ1) is 6.01. The van der Waals surface area contributed by atoms with E-state index in [9.17, 15) is 9.36 Å². The Labute approximate surface area is 77.9 Å². The van der Waals surface area contributed by atoms with Gasteiger partial charge in [0.05, 0.1) is 6.61 Å². The molecule has 0 spiro atoms. The van der Waals surface area contributed by atoms with Gasteiger partial charge in [0, 0.05) is 14.2 Å². The minimum atomic E-state index is -3.33. The quantitative estimate of drug-likeness (QED) is 0.507. The van der Waals surface area contributed by atoms with Gasteiger partial charge in [-0.1, -0.05) is 0 Å². The number of hydrogen-bond acceptors (Lipinski definition) is 5. The highest BCUT2D eigenvalue weighted by molar-refractivity contribution is 7.55. The number of esters is 1. The molecule has 0 aliphatic carbocycles. The van der Waals surface area contributed by atoms with Crippen LogP contribution in [0.3, 0.4) is 0 Å². The van der Waals surface area contributed by atoms with Crippen LogP contribution in [0.4, 0.5) is 0 Å². The molecule has 0 saturated heterocycles. The second-order valence-corrected chi connectivity index (χ2v) is 4.92. The molecule has 78 valence electrons. The third kappa shape index (κ3) is 3.10. The van der Waals surface area contributed by atoms with Crippen LogP contribution in [0.2, 0.25) is 0 Å². The normalized spacial score (nSPS) is 13.8. The molecule has 0 unspecified atom stereocenters. The zero-order chi connectivity index (χ0) is 10.5. The fraction of sp³-hybridized carbons (Fsp3) is 0.857. The first-order valence-electron chi connectivity index (χ1n) is 3.89. The summed E-state index contributed by atoms with van der Waals surface area (Å²) < 4.78 is 25.6. The molecular formula is C7H15O5P. The van der Waals surface area contributed by atoms with Crippen molar-refractivity contribution in [2.24, 2.45) is 0 Å². The summed E-state index contributed by atoms with van der Waals surface area (Å²) in [5, 5.41) is 0. The molecule has 0 amide bonds. The van der Waals surface area contributed by atoms with E-state index in [1.807, 2.05) is 0 Å². The molecule has 0 N–H and O–H groups in total. The maximum Gasteiger partial charge on any atom is 0.344 e. The van der Waals surface area contributed by atoms with Crippen LogP contribution in [0.5, 0.6) is 0 Å². The van der Waals surface area contributed by atoms with E-state index in [-0.39, 0.29) is 6.61 Å². The van der Waals surface area contributed by atoms with Crippen LogP contribution in [0.15, 0.2) is 0 Å². The third-order valence-electron chi connectivity index (χ3n) is 1.61. The second-order valence-electron chi connectivity index (χ2n) is 2.33. The standard InChI is InChI=1S/C7H15O5P/c1-5-12-7(8)6(2)13(9,10-3)11-4/h6H,5H2,1-4H3/t6-/m0/s1. The van der Waals surface area contributed by atoms with Crippen molar-refractivity contribution in [2.75, 3.05) is 20.8 Å². The summed E-state index contributed by atoms with van der Waals surface area (Å²) >= 11 is 0. The smallest absolute Gasteiger partial charge is 0.344 e. The molecular weight excluding hydrogens is 195 g/mol. The number of ether oxygens (including phenoxy) is 1. The highest BCUT2D eigenvalue weighted by Crippen LogP contribution is 2.51. The summed E-state index contributed by atoms with van der Waals surface area (Å²) in [7, 11) is -0.860. The lowest BCUT2D eigenvalue weighted by Gasteiger charge is -2.18. The first kappa shape index (κ1) is 12.6. The summed E-state index contributed by atoms with van der Waals surface area (Å²) in [6, 6.07) is 0. The van der Waals surface area contributed by atoms with Crippen molar-refractivity contribution >= 4 is 13.6 Å². The molecule has 6 heteroatoms. The van der Waals surface area contributed by atoms with Crippen molar-refractivity contribution in [3.05, 3.63) is 0 Å². The van der Waals surface area contributed by atoms with E-state index in [2.05, 4.69) is 13.8 Å². The van der Waals surface area contributed by atoms with Gasteiger partial charge in [0.25, 0.3) is 0 Å². The molecule has 0 rings (SSSR count). The molecule has 0 bridgehead atoms. The topological polar surface area (TPSA) is 61.8 Å². The van der Waals surface area contributed by atoms with E-state index in [1.54, 1.807) is 6.92 Å². The molecule has 5 nitrogen and oxygen atoms in total. The molecule has 0 fully saturated rings. The van der Waals surface area contributed by atoms with E-state index in [0.29, 0.717) is 0 Å². The Morgan fingerprint density at radius 1 is 1.38 bits per heavy atom. The van der Waals surface area contributed by atoms with E-state index in [1.165, 1.54) is 21.1 Å². The molecule has 0 radical (unpaired) electrons. The molecule has 0 heterocycles. The summed E-state index contributed by atoms with van der Waals surface area (Å²) in [4.78, 5) is 11.2. The monoisotopic (exact) mass is 210 g/mol. The van der Waals surface area contributed by atoms with Gasteiger partial charge in [-0.15, -0.1) is 0 Å². The average Bonchev–Trinajstić information content (AvgIpc) is 2.16. The maximum atomic E-state index is 11.6. The van der Waals surface area contributed by atoms with Crippen LogP contribution in [0, 0.1) is 0 Å². The first-order valence-corrected chi connectivity index (χ1v) is 5.50.